The maximum absolute atomic E-state index is 9.31. The van der Waals surface area contributed by atoms with Crippen molar-refractivity contribution in [3.8, 4) is 6.07 Å². The van der Waals surface area contributed by atoms with Gasteiger partial charge < -0.3 is 0 Å². The normalized spacial score (nSPS) is 14.1. The van der Waals surface area contributed by atoms with E-state index in [4.69, 9.17) is 0 Å². The van der Waals surface area contributed by atoms with Gasteiger partial charge >= 0.3 is 0 Å². The Labute approximate surface area is 128 Å². The lowest BCUT2D eigenvalue weighted by atomic mass is 9.97. The summed E-state index contributed by atoms with van der Waals surface area (Å²) >= 11 is 1.89. The molecule has 1 unspecified atom stereocenters. The van der Waals surface area contributed by atoms with Gasteiger partial charge in [0.15, 0.2) is 0 Å². The van der Waals surface area contributed by atoms with Gasteiger partial charge in [-0.3, -0.25) is 5.32 Å². The number of thioether (sulfide) groups is 1. The van der Waals surface area contributed by atoms with Gasteiger partial charge in [-0.1, -0.05) is 17.7 Å². The van der Waals surface area contributed by atoms with E-state index in [1.165, 1.54) is 16.0 Å². The first kappa shape index (κ1) is 17.1. The summed E-state index contributed by atoms with van der Waals surface area (Å²) in [7, 11) is 0. The van der Waals surface area contributed by atoms with Gasteiger partial charge in [0, 0.05) is 10.9 Å². The van der Waals surface area contributed by atoms with Crippen LogP contribution in [0.15, 0.2) is 23.1 Å². The maximum atomic E-state index is 9.31. The molecule has 20 heavy (non-hydrogen) atoms. The second-order valence-corrected chi connectivity index (χ2v) is 7.10. The van der Waals surface area contributed by atoms with E-state index in [9.17, 15) is 5.26 Å². The molecule has 0 saturated heterocycles. The van der Waals surface area contributed by atoms with E-state index in [0.717, 1.165) is 18.6 Å². The van der Waals surface area contributed by atoms with Crippen LogP contribution in [0.25, 0.3) is 0 Å². The maximum Gasteiger partial charge on any atom is 0.104 e. The van der Waals surface area contributed by atoms with E-state index in [1.807, 2.05) is 18.7 Å². The molecule has 0 amide bonds. The first-order valence-corrected chi connectivity index (χ1v) is 8.24. The molecule has 1 N–H and O–H groups in total. The molecular weight excluding hydrogens is 264 g/mol. The summed E-state index contributed by atoms with van der Waals surface area (Å²) in [6.45, 7) is 10.4. The average molecular weight is 290 g/mol. The van der Waals surface area contributed by atoms with Crippen LogP contribution in [0.2, 0.25) is 0 Å². The SMILES string of the molecule is Cc1ccc(C)c(SCCCC(C)(C#N)NC(C)C)c1. The largest absolute Gasteiger partial charge is 0.297 e. The van der Waals surface area contributed by atoms with Crippen molar-refractivity contribution in [3.05, 3.63) is 29.3 Å². The molecule has 1 atom stereocenters. The Balaban J connectivity index is 2.45. The van der Waals surface area contributed by atoms with Crippen molar-refractivity contribution >= 4 is 11.8 Å². The number of nitrogens with one attached hydrogen (secondary N) is 1. The van der Waals surface area contributed by atoms with E-state index < -0.39 is 5.54 Å². The predicted octanol–water partition coefficient (Wildman–Crippen LogP) is 4.46. The van der Waals surface area contributed by atoms with Crippen LogP contribution in [0.5, 0.6) is 0 Å². The topological polar surface area (TPSA) is 35.8 Å². The predicted molar refractivity (Wildman–Crippen MR) is 88.2 cm³/mol. The summed E-state index contributed by atoms with van der Waals surface area (Å²) < 4.78 is 0. The summed E-state index contributed by atoms with van der Waals surface area (Å²) in [5, 5.41) is 12.7. The van der Waals surface area contributed by atoms with Crippen LogP contribution < -0.4 is 5.32 Å². The molecule has 1 rings (SSSR count). The number of nitrogens with zero attached hydrogens (tertiary/aromatic N) is 1. The zero-order chi connectivity index (χ0) is 15.2. The lowest BCUT2D eigenvalue weighted by Gasteiger charge is -2.25. The highest BCUT2D eigenvalue weighted by Gasteiger charge is 2.23. The van der Waals surface area contributed by atoms with Gasteiger partial charge in [0.25, 0.3) is 0 Å². The molecule has 0 bridgehead atoms. The van der Waals surface area contributed by atoms with Gasteiger partial charge in [0.05, 0.1) is 6.07 Å². The van der Waals surface area contributed by atoms with Crippen molar-refractivity contribution in [3.63, 3.8) is 0 Å². The molecule has 0 aliphatic heterocycles. The Kier molecular flexibility index (Phi) is 6.58. The van der Waals surface area contributed by atoms with Crippen LogP contribution >= 0.6 is 11.8 Å². The van der Waals surface area contributed by atoms with Crippen LogP contribution in [0, 0.1) is 25.2 Å². The number of rotatable bonds is 7. The van der Waals surface area contributed by atoms with E-state index in [0.29, 0.717) is 6.04 Å². The van der Waals surface area contributed by atoms with Gasteiger partial charge in [-0.15, -0.1) is 11.8 Å². The lowest BCUT2D eigenvalue weighted by Crippen LogP contribution is -2.44. The Morgan fingerprint density at radius 1 is 1.35 bits per heavy atom. The quantitative estimate of drug-likeness (QED) is 0.595. The van der Waals surface area contributed by atoms with Crippen molar-refractivity contribution < 1.29 is 0 Å². The number of aryl methyl sites for hydroxylation is 2. The summed E-state index contributed by atoms with van der Waals surface area (Å²) in [4.78, 5) is 1.36. The van der Waals surface area contributed by atoms with Crippen molar-refractivity contribution in [1.29, 1.82) is 5.26 Å². The van der Waals surface area contributed by atoms with Crippen molar-refractivity contribution in [2.24, 2.45) is 0 Å². The van der Waals surface area contributed by atoms with E-state index in [1.54, 1.807) is 0 Å². The highest BCUT2D eigenvalue weighted by atomic mass is 32.2. The van der Waals surface area contributed by atoms with Gasteiger partial charge in [-0.05, 0) is 64.8 Å². The Hall–Kier alpha value is -0.980. The molecular formula is C17H26N2S. The molecule has 1 aromatic rings. The molecule has 0 saturated carbocycles. The van der Waals surface area contributed by atoms with Gasteiger partial charge in [-0.2, -0.15) is 5.26 Å². The highest BCUT2D eigenvalue weighted by molar-refractivity contribution is 7.99. The molecule has 2 nitrogen and oxygen atoms in total. The van der Waals surface area contributed by atoms with E-state index in [2.05, 4.69) is 57.3 Å². The molecule has 3 heteroatoms. The van der Waals surface area contributed by atoms with Crippen LogP contribution in [0.4, 0.5) is 0 Å². The fraction of sp³-hybridized carbons (Fsp3) is 0.588. The smallest absolute Gasteiger partial charge is 0.104 e. The fourth-order valence-electron chi connectivity index (χ4n) is 2.27. The highest BCUT2D eigenvalue weighted by Crippen LogP contribution is 2.25. The third-order valence-corrected chi connectivity index (χ3v) is 4.52. The summed E-state index contributed by atoms with van der Waals surface area (Å²) in [6.07, 6.45) is 1.93. The zero-order valence-corrected chi connectivity index (χ0v) is 14.1. The molecule has 1 aromatic carbocycles. The molecule has 0 aliphatic rings. The molecule has 0 fully saturated rings. The summed E-state index contributed by atoms with van der Waals surface area (Å²) in [5.41, 5.74) is 2.24. The average Bonchev–Trinajstić information content (AvgIpc) is 2.38. The van der Waals surface area contributed by atoms with Gasteiger partial charge in [0.1, 0.15) is 5.54 Å². The minimum absolute atomic E-state index is 0.339. The monoisotopic (exact) mass is 290 g/mol. The summed E-state index contributed by atoms with van der Waals surface area (Å²) in [5.74, 6) is 1.06. The Bertz CT molecular complexity index is 476. The molecule has 0 aromatic heterocycles. The van der Waals surface area contributed by atoms with Gasteiger partial charge in [-0.25, -0.2) is 0 Å². The molecule has 0 aliphatic carbocycles. The van der Waals surface area contributed by atoms with Crippen molar-refractivity contribution in [1.82, 2.24) is 5.32 Å². The molecule has 0 spiro atoms. The standard InChI is InChI=1S/C17H26N2S/c1-13(2)19-17(5,12-18)9-6-10-20-16-11-14(3)7-8-15(16)4/h7-8,11,13,19H,6,9-10H2,1-5H3. The second kappa shape index (κ2) is 7.71. The Morgan fingerprint density at radius 3 is 2.65 bits per heavy atom. The summed E-state index contributed by atoms with van der Waals surface area (Å²) in [6, 6.07) is 9.32. The van der Waals surface area contributed by atoms with Gasteiger partial charge in [0.2, 0.25) is 0 Å². The molecule has 0 heterocycles. The van der Waals surface area contributed by atoms with Crippen LogP contribution in [0.1, 0.15) is 44.7 Å². The Morgan fingerprint density at radius 2 is 2.05 bits per heavy atom. The number of nitriles is 1. The number of hydrogen-bond acceptors (Lipinski definition) is 3. The van der Waals surface area contributed by atoms with Crippen molar-refractivity contribution in [2.75, 3.05) is 5.75 Å². The first-order chi connectivity index (χ1) is 9.36. The number of benzene rings is 1. The minimum Gasteiger partial charge on any atom is -0.297 e. The third kappa shape index (κ3) is 5.56. The first-order valence-electron chi connectivity index (χ1n) is 7.25. The second-order valence-electron chi connectivity index (χ2n) is 5.96. The lowest BCUT2D eigenvalue weighted by molar-refractivity contribution is 0.380. The van der Waals surface area contributed by atoms with E-state index >= 15 is 0 Å². The van der Waals surface area contributed by atoms with Crippen LogP contribution in [0.3, 0.4) is 0 Å². The molecule has 0 radical (unpaired) electrons. The van der Waals surface area contributed by atoms with Crippen LogP contribution in [-0.4, -0.2) is 17.3 Å². The van der Waals surface area contributed by atoms with Crippen molar-refractivity contribution in [2.45, 2.75) is 63.9 Å². The number of hydrogen-bond donors (Lipinski definition) is 1. The molecule has 110 valence electrons. The zero-order valence-electron chi connectivity index (χ0n) is 13.3. The third-order valence-electron chi connectivity index (χ3n) is 3.28. The van der Waals surface area contributed by atoms with Crippen LogP contribution in [-0.2, 0) is 0 Å². The van der Waals surface area contributed by atoms with E-state index in [-0.39, 0.29) is 0 Å². The fourth-order valence-corrected chi connectivity index (χ4v) is 3.34. The minimum atomic E-state index is -0.406.